The van der Waals surface area contributed by atoms with Crippen molar-refractivity contribution in [3.8, 4) is 11.3 Å². The van der Waals surface area contributed by atoms with Crippen LogP contribution in [0.1, 0.15) is 0 Å². The van der Waals surface area contributed by atoms with E-state index in [1.807, 2.05) is 0 Å². The Morgan fingerprint density at radius 3 is 2.36 bits per heavy atom. The summed E-state index contributed by atoms with van der Waals surface area (Å²) in [5.41, 5.74) is 0.620. The molecule has 0 radical (unpaired) electrons. The number of hydrogen-bond donors (Lipinski definition) is 0. The van der Waals surface area contributed by atoms with E-state index >= 15 is 0 Å². The third kappa shape index (κ3) is 1.62. The van der Waals surface area contributed by atoms with Crippen molar-refractivity contribution in [1.29, 1.82) is 0 Å². The van der Waals surface area contributed by atoms with E-state index in [4.69, 9.17) is 0 Å². The summed E-state index contributed by atoms with van der Waals surface area (Å²) in [6, 6.07) is 10.5. The van der Waals surface area contributed by atoms with Gasteiger partial charge in [-0.15, -0.1) is 0 Å². The van der Waals surface area contributed by atoms with Gasteiger partial charge in [-0.1, -0.05) is 18.2 Å². The fraction of sp³-hybridized carbons (Fsp3) is 0. The van der Waals surface area contributed by atoms with Crippen molar-refractivity contribution in [2.24, 2.45) is 0 Å². The molecule has 0 atom stereocenters. The maximum absolute atomic E-state index is 13.2. The number of pyridine rings is 1. The average molecular weight is 191 g/mol. The van der Waals surface area contributed by atoms with Crippen molar-refractivity contribution < 1.29 is 8.78 Å². The average Bonchev–Trinajstić information content (AvgIpc) is 2.18. The van der Waals surface area contributed by atoms with Crippen LogP contribution in [0.3, 0.4) is 0 Å². The highest BCUT2D eigenvalue weighted by Crippen LogP contribution is 2.19. The fourth-order valence-corrected chi connectivity index (χ4v) is 1.23. The summed E-state index contributed by atoms with van der Waals surface area (Å²) in [4.78, 5) is 3.60. The lowest BCUT2D eigenvalue weighted by Crippen LogP contribution is -1.89. The lowest BCUT2D eigenvalue weighted by atomic mass is 10.1. The van der Waals surface area contributed by atoms with Crippen molar-refractivity contribution in [3.63, 3.8) is 0 Å². The van der Waals surface area contributed by atoms with Crippen LogP contribution in [0.15, 0.2) is 42.5 Å². The first-order valence-electron chi connectivity index (χ1n) is 4.15. The lowest BCUT2D eigenvalue weighted by molar-refractivity contribution is 0.584. The fourth-order valence-electron chi connectivity index (χ4n) is 1.23. The Balaban J connectivity index is 2.55. The summed E-state index contributed by atoms with van der Waals surface area (Å²) in [6.45, 7) is 0. The zero-order valence-corrected chi connectivity index (χ0v) is 7.24. The van der Waals surface area contributed by atoms with Crippen molar-refractivity contribution in [2.75, 3.05) is 0 Å². The molecule has 0 unspecified atom stereocenters. The van der Waals surface area contributed by atoms with Crippen molar-refractivity contribution in [1.82, 2.24) is 4.98 Å². The topological polar surface area (TPSA) is 12.9 Å². The molecule has 0 saturated heterocycles. The third-order valence-electron chi connectivity index (χ3n) is 1.86. The van der Waals surface area contributed by atoms with Crippen LogP contribution in [0, 0.1) is 11.8 Å². The molecule has 1 nitrogen and oxygen atoms in total. The molecule has 2 aromatic rings. The van der Waals surface area contributed by atoms with Gasteiger partial charge in [0, 0.05) is 5.56 Å². The molecule has 1 aromatic heterocycles. The van der Waals surface area contributed by atoms with E-state index in [-0.39, 0.29) is 0 Å². The summed E-state index contributed by atoms with van der Waals surface area (Å²) in [7, 11) is 0. The van der Waals surface area contributed by atoms with Crippen LogP contribution in [0.2, 0.25) is 0 Å². The highest BCUT2D eigenvalue weighted by molar-refractivity contribution is 5.59. The maximum atomic E-state index is 13.2. The molecule has 0 spiro atoms. The normalized spacial score (nSPS) is 10.1. The van der Waals surface area contributed by atoms with Crippen molar-refractivity contribution in [2.45, 2.75) is 0 Å². The zero-order valence-electron chi connectivity index (χ0n) is 7.24. The minimum absolute atomic E-state index is 0.308. The molecule has 14 heavy (non-hydrogen) atoms. The second-order valence-electron chi connectivity index (χ2n) is 2.83. The first kappa shape index (κ1) is 8.81. The first-order chi connectivity index (χ1) is 6.77. The van der Waals surface area contributed by atoms with Gasteiger partial charge >= 0.3 is 0 Å². The van der Waals surface area contributed by atoms with Crippen LogP contribution in [-0.2, 0) is 0 Å². The van der Waals surface area contributed by atoms with Gasteiger partial charge in [0.05, 0.1) is 5.69 Å². The van der Waals surface area contributed by atoms with Gasteiger partial charge in [-0.05, 0) is 24.3 Å². The van der Waals surface area contributed by atoms with E-state index in [1.165, 1.54) is 18.2 Å². The Morgan fingerprint density at radius 2 is 1.64 bits per heavy atom. The molecular weight excluding hydrogens is 184 g/mol. The predicted molar refractivity (Wildman–Crippen MR) is 49.6 cm³/mol. The Labute approximate surface area is 80.0 Å². The molecule has 0 aliphatic heterocycles. The van der Waals surface area contributed by atoms with Gasteiger partial charge in [-0.25, -0.2) is 9.37 Å². The quantitative estimate of drug-likeness (QED) is 0.631. The number of rotatable bonds is 1. The van der Waals surface area contributed by atoms with E-state index in [1.54, 1.807) is 24.3 Å². The van der Waals surface area contributed by atoms with Crippen LogP contribution in [0.5, 0.6) is 0 Å². The summed E-state index contributed by atoms with van der Waals surface area (Å²) in [5.74, 6) is -1.00. The third-order valence-corrected chi connectivity index (χ3v) is 1.86. The molecule has 0 amide bonds. The zero-order chi connectivity index (χ0) is 9.97. The lowest BCUT2D eigenvalue weighted by Gasteiger charge is -2.01. The molecule has 0 saturated carbocycles. The Kier molecular flexibility index (Phi) is 2.23. The summed E-state index contributed by atoms with van der Waals surface area (Å²) >= 11 is 0. The maximum Gasteiger partial charge on any atom is 0.213 e. The molecule has 1 aromatic carbocycles. The van der Waals surface area contributed by atoms with Crippen molar-refractivity contribution >= 4 is 0 Å². The van der Waals surface area contributed by atoms with Gasteiger partial charge in [0.25, 0.3) is 0 Å². The minimum atomic E-state index is -0.606. The largest absolute Gasteiger partial charge is 0.220 e. The first-order valence-corrected chi connectivity index (χ1v) is 4.15. The molecule has 1 heterocycles. The van der Waals surface area contributed by atoms with Crippen LogP contribution < -0.4 is 0 Å². The van der Waals surface area contributed by atoms with Gasteiger partial charge < -0.3 is 0 Å². The number of benzene rings is 1. The van der Waals surface area contributed by atoms with E-state index in [9.17, 15) is 8.78 Å². The van der Waals surface area contributed by atoms with E-state index in [0.717, 1.165) is 0 Å². The van der Waals surface area contributed by atoms with E-state index < -0.39 is 11.8 Å². The molecule has 0 N–H and O–H groups in total. The Hall–Kier alpha value is -1.77. The number of aromatic nitrogens is 1. The highest BCUT2D eigenvalue weighted by Gasteiger charge is 2.05. The number of halogens is 2. The Bertz CT molecular complexity index is 455. The second kappa shape index (κ2) is 3.54. The highest BCUT2D eigenvalue weighted by atomic mass is 19.1. The molecule has 0 aliphatic carbocycles. The molecular formula is C11H7F2N. The standard InChI is InChI=1S/C11H7F2N/c12-9-5-2-1-4-8(9)10-6-3-7-11(13)14-10/h1-7H. The second-order valence-corrected chi connectivity index (χ2v) is 2.83. The molecule has 3 heteroatoms. The van der Waals surface area contributed by atoms with Gasteiger partial charge in [0.2, 0.25) is 5.95 Å². The molecule has 0 bridgehead atoms. The van der Waals surface area contributed by atoms with Gasteiger partial charge in [-0.3, -0.25) is 0 Å². The van der Waals surface area contributed by atoms with E-state index in [0.29, 0.717) is 11.3 Å². The predicted octanol–water partition coefficient (Wildman–Crippen LogP) is 3.03. The SMILES string of the molecule is Fc1cccc(-c2ccccc2F)n1. The minimum Gasteiger partial charge on any atom is -0.220 e. The van der Waals surface area contributed by atoms with Gasteiger partial charge in [-0.2, -0.15) is 4.39 Å². The summed E-state index contributed by atoms with van der Waals surface area (Å²) in [5, 5.41) is 0. The van der Waals surface area contributed by atoms with Crippen LogP contribution in [0.4, 0.5) is 8.78 Å². The Morgan fingerprint density at radius 1 is 0.857 bits per heavy atom. The van der Waals surface area contributed by atoms with Crippen LogP contribution in [-0.4, -0.2) is 4.98 Å². The summed E-state index contributed by atoms with van der Waals surface area (Å²) < 4.78 is 26.0. The van der Waals surface area contributed by atoms with Gasteiger partial charge in [0.1, 0.15) is 5.82 Å². The number of hydrogen-bond acceptors (Lipinski definition) is 1. The molecule has 0 fully saturated rings. The van der Waals surface area contributed by atoms with E-state index in [2.05, 4.69) is 4.98 Å². The molecule has 70 valence electrons. The van der Waals surface area contributed by atoms with Crippen LogP contribution >= 0.6 is 0 Å². The smallest absolute Gasteiger partial charge is 0.213 e. The molecule has 0 aliphatic rings. The van der Waals surface area contributed by atoms with Crippen molar-refractivity contribution in [3.05, 3.63) is 54.2 Å². The van der Waals surface area contributed by atoms with Gasteiger partial charge in [0.15, 0.2) is 0 Å². The summed E-state index contributed by atoms with van der Waals surface area (Å²) in [6.07, 6.45) is 0. The monoisotopic (exact) mass is 191 g/mol. The van der Waals surface area contributed by atoms with Crippen LogP contribution in [0.25, 0.3) is 11.3 Å². The number of nitrogens with zero attached hydrogens (tertiary/aromatic N) is 1. The molecule has 2 rings (SSSR count).